The standard InChI is InChI=1S/C15H16N2O/c1-10-11(2)17-15(12(3)16-10)8-7-13-5-4-6-14(18)9-13/h4-9,18H,1-3H3/b8-7+. The van der Waals surface area contributed by atoms with E-state index in [0.717, 1.165) is 28.3 Å². The molecule has 0 fully saturated rings. The van der Waals surface area contributed by atoms with Gasteiger partial charge in [0.05, 0.1) is 22.8 Å². The molecule has 2 aromatic rings. The van der Waals surface area contributed by atoms with Gasteiger partial charge in [-0.25, -0.2) is 4.98 Å². The molecule has 0 radical (unpaired) electrons. The Bertz CT molecular complexity index is 603. The van der Waals surface area contributed by atoms with Crippen LogP contribution < -0.4 is 0 Å². The number of hydrogen-bond acceptors (Lipinski definition) is 3. The SMILES string of the molecule is Cc1nc(C)c(/C=C/c2cccc(O)c2)nc1C. The van der Waals surface area contributed by atoms with E-state index in [1.165, 1.54) is 0 Å². The Hall–Kier alpha value is -2.16. The van der Waals surface area contributed by atoms with Crippen molar-refractivity contribution >= 4 is 12.2 Å². The van der Waals surface area contributed by atoms with Crippen LogP contribution >= 0.6 is 0 Å². The molecule has 0 unspecified atom stereocenters. The average Bonchev–Trinajstić information content (AvgIpc) is 2.32. The van der Waals surface area contributed by atoms with E-state index >= 15 is 0 Å². The normalized spacial score (nSPS) is 11.1. The summed E-state index contributed by atoms with van der Waals surface area (Å²) in [5.41, 5.74) is 4.61. The summed E-state index contributed by atoms with van der Waals surface area (Å²) in [6.07, 6.45) is 3.84. The first kappa shape index (κ1) is 12.3. The van der Waals surface area contributed by atoms with Crippen molar-refractivity contribution in [2.45, 2.75) is 20.8 Å². The quantitative estimate of drug-likeness (QED) is 0.876. The molecule has 0 aliphatic rings. The molecule has 2 rings (SSSR count). The number of hydrogen-bond donors (Lipinski definition) is 1. The molecule has 1 aromatic carbocycles. The third kappa shape index (κ3) is 2.74. The number of benzene rings is 1. The van der Waals surface area contributed by atoms with E-state index in [1.54, 1.807) is 12.1 Å². The van der Waals surface area contributed by atoms with Crippen LogP contribution in [0.2, 0.25) is 0 Å². The molecule has 3 nitrogen and oxygen atoms in total. The Kier molecular flexibility index (Phi) is 3.42. The largest absolute Gasteiger partial charge is 0.508 e. The van der Waals surface area contributed by atoms with Gasteiger partial charge in [0.15, 0.2) is 0 Å². The lowest BCUT2D eigenvalue weighted by atomic mass is 10.1. The van der Waals surface area contributed by atoms with Gasteiger partial charge in [0, 0.05) is 0 Å². The van der Waals surface area contributed by atoms with E-state index in [4.69, 9.17) is 0 Å². The minimum atomic E-state index is 0.264. The van der Waals surface area contributed by atoms with Crippen molar-refractivity contribution in [3.8, 4) is 5.75 Å². The molecule has 0 atom stereocenters. The lowest BCUT2D eigenvalue weighted by Gasteiger charge is -2.04. The zero-order chi connectivity index (χ0) is 13.1. The fourth-order valence-electron chi connectivity index (χ4n) is 1.69. The van der Waals surface area contributed by atoms with E-state index in [1.807, 2.05) is 45.1 Å². The first-order valence-corrected chi connectivity index (χ1v) is 5.85. The molecule has 0 bridgehead atoms. The fourth-order valence-corrected chi connectivity index (χ4v) is 1.69. The maximum absolute atomic E-state index is 9.38. The molecule has 1 aromatic heterocycles. The fraction of sp³-hybridized carbons (Fsp3) is 0.200. The monoisotopic (exact) mass is 240 g/mol. The van der Waals surface area contributed by atoms with Crippen LogP contribution in [0.4, 0.5) is 0 Å². The van der Waals surface area contributed by atoms with Crippen molar-refractivity contribution in [1.82, 2.24) is 9.97 Å². The highest BCUT2D eigenvalue weighted by atomic mass is 16.3. The Balaban J connectivity index is 2.32. The van der Waals surface area contributed by atoms with Gasteiger partial charge in [0.2, 0.25) is 0 Å². The van der Waals surface area contributed by atoms with E-state index < -0.39 is 0 Å². The van der Waals surface area contributed by atoms with Gasteiger partial charge >= 0.3 is 0 Å². The number of nitrogens with zero attached hydrogens (tertiary/aromatic N) is 2. The molecule has 0 saturated heterocycles. The van der Waals surface area contributed by atoms with Crippen molar-refractivity contribution in [1.29, 1.82) is 0 Å². The first-order valence-electron chi connectivity index (χ1n) is 5.85. The average molecular weight is 240 g/mol. The Labute approximate surface area is 107 Å². The minimum Gasteiger partial charge on any atom is -0.508 e. The van der Waals surface area contributed by atoms with E-state index in [9.17, 15) is 5.11 Å². The topological polar surface area (TPSA) is 46.0 Å². The van der Waals surface area contributed by atoms with Gasteiger partial charge in [-0.05, 0) is 44.5 Å². The lowest BCUT2D eigenvalue weighted by molar-refractivity contribution is 0.475. The molecule has 0 aliphatic carbocycles. The van der Waals surface area contributed by atoms with Crippen LogP contribution in [-0.2, 0) is 0 Å². The van der Waals surface area contributed by atoms with Crippen LogP contribution in [0.25, 0.3) is 12.2 Å². The summed E-state index contributed by atoms with van der Waals surface area (Å²) in [6, 6.07) is 7.10. The number of aromatic hydroxyl groups is 1. The first-order chi connectivity index (χ1) is 8.56. The number of aromatic nitrogens is 2. The van der Waals surface area contributed by atoms with Crippen molar-refractivity contribution < 1.29 is 5.11 Å². The molecule has 1 N–H and O–H groups in total. The van der Waals surface area contributed by atoms with Crippen LogP contribution in [0.3, 0.4) is 0 Å². The van der Waals surface area contributed by atoms with Crippen LogP contribution in [0.5, 0.6) is 5.75 Å². The van der Waals surface area contributed by atoms with E-state index in [0.29, 0.717) is 0 Å². The molecule has 92 valence electrons. The zero-order valence-electron chi connectivity index (χ0n) is 10.8. The zero-order valence-corrected chi connectivity index (χ0v) is 10.8. The second-order valence-electron chi connectivity index (χ2n) is 4.29. The maximum atomic E-state index is 9.38. The molecule has 0 amide bonds. The maximum Gasteiger partial charge on any atom is 0.116 e. The highest BCUT2D eigenvalue weighted by Crippen LogP contribution is 2.15. The third-order valence-corrected chi connectivity index (χ3v) is 2.82. The molecule has 1 heterocycles. The van der Waals surface area contributed by atoms with Crippen LogP contribution in [0, 0.1) is 20.8 Å². The minimum absolute atomic E-state index is 0.264. The second kappa shape index (κ2) is 5.00. The van der Waals surface area contributed by atoms with Gasteiger partial charge in [-0.15, -0.1) is 0 Å². The van der Waals surface area contributed by atoms with Gasteiger partial charge in [0.25, 0.3) is 0 Å². The summed E-state index contributed by atoms with van der Waals surface area (Å²) >= 11 is 0. The van der Waals surface area contributed by atoms with Crippen molar-refractivity contribution in [2.24, 2.45) is 0 Å². The highest BCUT2D eigenvalue weighted by molar-refractivity contribution is 5.69. The third-order valence-electron chi connectivity index (χ3n) is 2.82. The summed E-state index contributed by atoms with van der Waals surface area (Å²) in [5, 5.41) is 9.38. The predicted molar refractivity (Wildman–Crippen MR) is 73.3 cm³/mol. The smallest absolute Gasteiger partial charge is 0.116 e. The molecule has 3 heteroatoms. The highest BCUT2D eigenvalue weighted by Gasteiger charge is 2.02. The summed E-state index contributed by atoms with van der Waals surface area (Å²) in [5.74, 6) is 0.264. The lowest BCUT2D eigenvalue weighted by Crippen LogP contribution is -1.98. The predicted octanol–water partition coefficient (Wildman–Crippen LogP) is 3.28. The van der Waals surface area contributed by atoms with Crippen molar-refractivity contribution in [2.75, 3.05) is 0 Å². The second-order valence-corrected chi connectivity index (χ2v) is 4.29. The summed E-state index contributed by atoms with van der Waals surface area (Å²) in [4.78, 5) is 8.94. The molecular formula is C15H16N2O. The number of phenols is 1. The number of rotatable bonds is 2. The van der Waals surface area contributed by atoms with Crippen LogP contribution in [0.15, 0.2) is 24.3 Å². The molecule has 0 saturated carbocycles. The van der Waals surface area contributed by atoms with Crippen molar-refractivity contribution in [3.63, 3.8) is 0 Å². The van der Waals surface area contributed by atoms with Gasteiger partial charge in [-0.3, -0.25) is 4.98 Å². The summed E-state index contributed by atoms with van der Waals surface area (Å²) < 4.78 is 0. The van der Waals surface area contributed by atoms with Crippen molar-refractivity contribution in [3.05, 3.63) is 52.6 Å². The summed E-state index contributed by atoms with van der Waals surface area (Å²) in [6.45, 7) is 5.85. The Morgan fingerprint density at radius 1 is 0.944 bits per heavy atom. The molecule has 0 spiro atoms. The number of phenolic OH excluding ortho intramolecular Hbond substituents is 1. The molecular weight excluding hydrogens is 224 g/mol. The Morgan fingerprint density at radius 3 is 2.39 bits per heavy atom. The summed E-state index contributed by atoms with van der Waals surface area (Å²) in [7, 11) is 0. The molecule has 18 heavy (non-hydrogen) atoms. The van der Waals surface area contributed by atoms with Gasteiger partial charge < -0.3 is 5.11 Å². The van der Waals surface area contributed by atoms with Crippen LogP contribution in [0.1, 0.15) is 28.3 Å². The Morgan fingerprint density at radius 2 is 1.67 bits per heavy atom. The van der Waals surface area contributed by atoms with Gasteiger partial charge in [0.1, 0.15) is 5.75 Å². The number of aryl methyl sites for hydroxylation is 3. The molecule has 0 aliphatic heterocycles. The van der Waals surface area contributed by atoms with Crippen LogP contribution in [-0.4, -0.2) is 15.1 Å². The van der Waals surface area contributed by atoms with Gasteiger partial charge in [-0.1, -0.05) is 18.2 Å². The van der Waals surface area contributed by atoms with E-state index in [-0.39, 0.29) is 5.75 Å². The van der Waals surface area contributed by atoms with Gasteiger partial charge in [-0.2, -0.15) is 0 Å². The van der Waals surface area contributed by atoms with E-state index in [2.05, 4.69) is 9.97 Å².